The first-order valence-electron chi connectivity index (χ1n) is 10.7. The highest BCUT2D eigenvalue weighted by atomic mass is 35.5. The van der Waals surface area contributed by atoms with E-state index < -0.39 is 0 Å². The number of para-hydroxylation sites is 2. The lowest BCUT2D eigenvalue weighted by Crippen LogP contribution is -1.93. The zero-order valence-corrected chi connectivity index (χ0v) is 18.1. The van der Waals surface area contributed by atoms with Gasteiger partial charge < -0.3 is 4.57 Å². The van der Waals surface area contributed by atoms with Crippen LogP contribution in [-0.2, 0) is 0 Å². The molecule has 0 aliphatic heterocycles. The molecule has 0 saturated heterocycles. The predicted octanol–water partition coefficient (Wildman–Crippen LogP) is 8.77. The average molecular weight is 430 g/mol. The first-order valence-corrected chi connectivity index (χ1v) is 11.1. The van der Waals surface area contributed by atoms with E-state index >= 15 is 0 Å². The van der Waals surface area contributed by atoms with Gasteiger partial charge in [-0.15, -0.1) is 0 Å². The maximum absolute atomic E-state index is 6.57. The highest BCUT2D eigenvalue weighted by Crippen LogP contribution is 2.39. The minimum atomic E-state index is 0.763. The van der Waals surface area contributed by atoms with Gasteiger partial charge in [-0.1, -0.05) is 103 Å². The first-order chi connectivity index (χ1) is 15.8. The van der Waals surface area contributed by atoms with E-state index in [2.05, 4.69) is 108 Å². The first kappa shape index (κ1) is 18.9. The summed E-state index contributed by atoms with van der Waals surface area (Å²) in [4.78, 5) is 0. The SMILES string of the molecule is Clc1ccccc1-c1ccccc1-c1ccc2c3ccccc3n(-c3ccccc3)c2c1. The molecule has 6 rings (SSSR count). The van der Waals surface area contributed by atoms with Crippen LogP contribution in [0.15, 0.2) is 121 Å². The van der Waals surface area contributed by atoms with E-state index in [9.17, 15) is 0 Å². The molecule has 152 valence electrons. The van der Waals surface area contributed by atoms with Gasteiger partial charge in [-0.2, -0.15) is 0 Å². The molecule has 0 atom stereocenters. The van der Waals surface area contributed by atoms with Crippen LogP contribution in [0.1, 0.15) is 0 Å². The Morgan fingerprint density at radius 2 is 1.09 bits per heavy atom. The number of rotatable bonds is 3. The Labute approximate surface area is 192 Å². The van der Waals surface area contributed by atoms with Crippen LogP contribution in [0.2, 0.25) is 5.02 Å². The molecular weight excluding hydrogens is 410 g/mol. The number of fused-ring (bicyclic) bond motifs is 3. The Balaban J connectivity index is 1.65. The van der Waals surface area contributed by atoms with Gasteiger partial charge in [0.05, 0.1) is 11.0 Å². The Morgan fingerprint density at radius 3 is 1.91 bits per heavy atom. The van der Waals surface area contributed by atoms with Gasteiger partial charge in [0.2, 0.25) is 0 Å². The highest BCUT2D eigenvalue weighted by Gasteiger charge is 2.15. The topological polar surface area (TPSA) is 4.93 Å². The molecule has 6 aromatic rings. The Morgan fingerprint density at radius 1 is 0.469 bits per heavy atom. The zero-order valence-electron chi connectivity index (χ0n) is 17.4. The van der Waals surface area contributed by atoms with Crippen LogP contribution in [-0.4, -0.2) is 4.57 Å². The summed E-state index contributed by atoms with van der Waals surface area (Å²) in [7, 11) is 0. The molecule has 0 amide bonds. The van der Waals surface area contributed by atoms with E-state index in [1.54, 1.807) is 0 Å². The molecule has 0 aliphatic carbocycles. The molecule has 0 unspecified atom stereocenters. The van der Waals surface area contributed by atoms with Gasteiger partial charge in [0.15, 0.2) is 0 Å². The Kier molecular flexibility index (Phi) is 4.56. The second-order valence-corrected chi connectivity index (χ2v) is 8.35. The van der Waals surface area contributed by atoms with Crippen molar-refractivity contribution in [3.8, 4) is 27.9 Å². The van der Waals surface area contributed by atoms with Crippen molar-refractivity contribution in [2.75, 3.05) is 0 Å². The molecule has 0 bridgehead atoms. The third kappa shape index (κ3) is 3.02. The number of nitrogens with zero attached hydrogens (tertiary/aromatic N) is 1. The van der Waals surface area contributed by atoms with E-state index in [-0.39, 0.29) is 0 Å². The maximum Gasteiger partial charge on any atom is 0.0547 e. The number of benzene rings is 5. The predicted molar refractivity (Wildman–Crippen MR) is 137 cm³/mol. The minimum Gasteiger partial charge on any atom is -0.309 e. The van der Waals surface area contributed by atoms with E-state index in [1.807, 2.05) is 18.2 Å². The van der Waals surface area contributed by atoms with Crippen molar-refractivity contribution in [3.05, 3.63) is 126 Å². The normalized spacial score (nSPS) is 11.3. The fraction of sp³-hybridized carbons (Fsp3) is 0. The van der Waals surface area contributed by atoms with Crippen LogP contribution in [0.25, 0.3) is 49.7 Å². The fourth-order valence-electron chi connectivity index (χ4n) is 4.64. The molecule has 1 heterocycles. The Hall–Kier alpha value is -3.81. The van der Waals surface area contributed by atoms with Crippen molar-refractivity contribution in [1.82, 2.24) is 4.57 Å². The zero-order chi connectivity index (χ0) is 21.5. The second kappa shape index (κ2) is 7.71. The third-order valence-electron chi connectivity index (χ3n) is 6.09. The summed E-state index contributed by atoms with van der Waals surface area (Å²) < 4.78 is 2.35. The summed E-state index contributed by atoms with van der Waals surface area (Å²) in [6.07, 6.45) is 0. The molecule has 1 aromatic heterocycles. The van der Waals surface area contributed by atoms with Crippen molar-refractivity contribution in [2.45, 2.75) is 0 Å². The molecule has 32 heavy (non-hydrogen) atoms. The summed E-state index contributed by atoms with van der Waals surface area (Å²) in [6.45, 7) is 0. The summed E-state index contributed by atoms with van der Waals surface area (Å²) in [5.41, 5.74) is 8.11. The van der Waals surface area contributed by atoms with Gasteiger partial charge >= 0.3 is 0 Å². The molecule has 2 heteroatoms. The van der Waals surface area contributed by atoms with Gasteiger partial charge in [0.25, 0.3) is 0 Å². The van der Waals surface area contributed by atoms with Crippen molar-refractivity contribution in [2.24, 2.45) is 0 Å². The van der Waals surface area contributed by atoms with E-state index in [0.29, 0.717) is 0 Å². The van der Waals surface area contributed by atoms with E-state index in [0.717, 1.165) is 21.8 Å². The lowest BCUT2D eigenvalue weighted by atomic mass is 9.94. The number of halogens is 1. The molecule has 0 fully saturated rings. The lowest BCUT2D eigenvalue weighted by Gasteiger charge is -2.13. The van der Waals surface area contributed by atoms with Gasteiger partial charge in [-0.05, 0) is 47.0 Å². The second-order valence-electron chi connectivity index (χ2n) is 7.95. The standard InChI is InChI=1S/C30H20ClN/c31-28-16-8-6-14-25(28)24-13-5-4-12-23(24)21-18-19-27-26-15-7-9-17-29(26)32(30(27)20-21)22-10-2-1-3-11-22/h1-20H. The summed E-state index contributed by atoms with van der Waals surface area (Å²) in [6, 6.07) is 42.5. The van der Waals surface area contributed by atoms with E-state index in [1.165, 1.54) is 32.9 Å². The van der Waals surface area contributed by atoms with Crippen LogP contribution < -0.4 is 0 Å². The third-order valence-corrected chi connectivity index (χ3v) is 6.42. The van der Waals surface area contributed by atoms with Gasteiger partial charge in [0, 0.05) is 27.0 Å². The highest BCUT2D eigenvalue weighted by molar-refractivity contribution is 6.33. The van der Waals surface area contributed by atoms with Crippen molar-refractivity contribution >= 4 is 33.4 Å². The Bertz CT molecular complexity index is 1580. The number of hydrogen-bond acceptors (Lipinski definition) is 0. The van der Waals surface area contributed by atoms with Crippen LogP contribution in [0.3, 0.4) is 0 Å². The maximum atomic E-state index is 6.57. The van der Waals surface area contributed by atoms with Crippen molar-refractivity contribution in [3.63, 3.8) is 0 Å². The summed E-state index contributed by atoms with van der Waals surface area (Å²) in [5, 5.41) is 3.28. The summed E-state index contributed by atoms with van der Waals surface area (Å²) >= 11 is 6.57. The molecule has 5 aromatic carbocycles. The number of aromatic nitrogens is 1. The van der Waals surface area contributed by atoms with Gasteiger partial charge in [-0.25, -0.2) is 0 Å². The molecule has 1 nitrogen and oxygen atoms in total. The van der Waals surface area contributed by atoms with E-state index in [4.69, 9.17) is 11.6 Å². The summed E-state index contributed by atoms with van der Waals surface area (Å²) in [5.74, 6) is 0. The quantitative estimate of drug-likeness (QED) is 0.265. The largest absolute Gasteiger partial charge is 0.309 e. The minimum absolute atomic E-state index is 0.763. The van der Waals surface area contributed by atoms with Crippen molar-refractivity contribution < 1.29 is 0 Å². The van der Waals surface area contributed by atoms with Crippen LogP contribution in [0.5, 0.6) is 0 Å². The van der Waals surface area contributed by atoms with Crippen LogP contribution in [0.4, 0.5) is 0 Å². The smallest absolute Gasteiger partial charge is 0.0547 e. The molecule has 0 saturated carbocycles. The lowest BCUT2D eigenvalue weighted by molar-refractivity contribution is 1.18. The number of hydrogen-bond donors (Lipinski definition) is 0. The molecule has 0 spiro atoms. The molecule has 0 radical (unpaired) electrons. The monoisotopic (exact) mass is 429 g/mol. The van der Waals surface area contributed by atoms with Gasteiger partial charge in [-0.3, -0.25) is 0 Å². The fourth-order valence-corrected chi connectivity index (χ4v) is 4.88. The molecule has 0 N–H and O–H groups in total. The molecule has 0 aliphatic rings. The average Bonchev–Trinajstić information content (AvgIpc) is 3.18. The van der Waals surface area contributed by atoms with Gasteiger partial charge in [0.1, 0.15) is 0 Å². The van der Waals surface area contributed by atoms with Crippen LogP contribution in [0, 0.1) is 0 Å². The van der Waals surface area contributed by atoms with Crippen LogP contribution >= 0.6 is 11.6 Å². The van der Waals surface area contributed by atoms with Crippen molar-refractivity contribution in [1.29, 1.82) is 0 Å². The molecular formula is C30H20ClN.